The Morgan fingerprint density at radius 3 is 2.00 bits per heavy atom. The highest BCUT2D eigenvalue weighted by Gasteiger charge is 2.34. The lowest BCUT2D eigenvalue weighted by Gasteiger charge is -2.22. The van der Waals surface area contributed by atoms with Gasteiger partial charge in [0.1, 0.15) is 6.04 Å². The van der Waals surface area contributed by atoms with Crippen LogP contribution in [0.15, 0.2) is 0 Å². The summed E-state index contributed by atoms with van der Waals surface area (Å²) in [6.45, 7) is 5.58. The molecule has 0 aliphatic carbocycles. The van der Waals surface area contributed by atoms with Gasteiger partial charge in [-0.2, -0.15) is 0 Å². The molecule has 0 aromatic carbocycles. The van der Waals surface area contributed by atoms with E-state index in [0.29, 0.717) is 0 Å². The van der Waals surface area contributed by atoms with E-state index in [4.69, 9.17) is 5.11 Å². The van der Waals surface area contributed by atoms with Gasteiger partial charge in [0.15, 0.2) is 9.84 Å². The Balaban J connectivity index is 4.91. The van der Waals surface area contributed by atoms with Crippen LogP contribution < -0.4 is 5.32 Å². The van der Waals surface area contributed by atoms with E-state index in [1.54, 1.807) is 0 Å². The number of nitrogens with one attached hydrogen (secondary N) is 1. The van der Waals surface area contributed by atoms with Crippen molar-refractivity contribution in [2.75, 3.05) is 5.75 Å². The number of hydrogen-bond acceptors (Lipinski definition) is 4. The summed E-state index contributed by atoms with van der Waals surface area (Å²) >= 11 is 0. The minimum atomic E-state index is -3.58. The van der Waals surface area contributed by atoms with Crippen LogP contribution in [0.25, 0.3) is 0 Å². The van der Waals surface area contributed by atoms with Crippen molar-refractivity contribution in [2.45, 2.75) is 38.5 Å². The average molecular weight is 251 g/mol. The predicted molar refractivity (Wildman–Crippen MR) is 58.8 cm³/mol. The number of carbonyl (C=O) groups is 2. The van der Waals surface area contributed by atoms with Crippen molar-refractivity contribution in [3.63, 3.8) is 0 Å². The third-order valence-electron chi connectivity index (χ3n) is 1.99. The van der Waals surface area contributed by atoms with Crippen LogP contribution in [0, 0.1) is 0 Å². The Morgan fingerprint density at radius 2 is 1.75 bits per heavy atom. The Hall–Kier alpha value is -1.11. The molecule has 0 aromatic heterocycles. The molecule has 6 nitrogen and oxygen atoms in total. The summed E-state index contributed by atoms with van der Waals surface area (Å²) in [4.78, 5) is 21.5. The molecule has 0 saturated carbocycles. The van der Waals surface area contributed by atoms with Gasteiger partial charge in [-0.25, -0.2) is 13.2 Å². The van der Waals surface area contributed by atoms with Gasteiger partial charge in [-0.3, -0.25) is 4.79 Å². The van der Waals surface area contributed by atoms with Crippen LogP contribution in [0.2, 0.25) is 0 Å². The van der Waals surface area contributed by atoms with Crippen molar-refractivity contribution in [1.82, 2.24) is 5.32 Å². The normalized spacial score (nSPS) is 14.2. The van der Waals surface area contributed by atoms with E-state index >= 15 is 0 Å². The minimum Gasteiger partial charge on any atom is -0.480 e. The highest BCUT2D eigenvalue weighted by Crippen LogP contribution is 2.16. The molecule has 7 heteroatoms. The van der Waals surface area contributed by atoms with E-state index in [0.717, 1.165) is 6.92 Å². The number of aliphatic carboxylic acids is 1. The Morgan fingerprint density at radius 1 is 1.31 bits per heavy atom. The van der Waals surface area contributed by atoms with Crippen molar-refractivity contribution in [3.8, 4) is 0 Å². The smallest absolute Gasteiger partial charge is 0.327 e. The zero-order valence-corrected chi connectivity index (χ0v) is 10.6. The van der Waals surface area contributed by atoms with Crippen LogP contribution in [0.4, 0.5) is 0 Å². The lowest BCUT2D eigenvalue weighted by atomic mass is 10.3. The van der Waals surface area contributed by atoms with Gasteiger partial charge in [0, 0.05) is 6.92 Å². The number of amides is 1. The first kappa shape index (κ1) is 14.9. The minimum absolute atomic E-state index is 0.573. The van der Waals surface area contributed by atoms with Gasteiger partial charge in [0.05, 0.1) is 10.5 Å². The van der Waals surface area contributed by atoms with Crippen molar-refractivity contribution in [2.24, 2.45) is 0 Å². The van der Waals surface area contributed by atoms with E-state index in [2.05, 4.69) is 5.32 Å². The molecule has 94 valence electrons. The molecule has 0 bridgehead atoms. The molecule has 0 saturated heterocycles. The second kappa shape index (κ2) is 4.82. The third kappa shape index (κ3) is 4.18. The van der Waals surface area contributed by atoms with Gasteiger partial charge in [0.25, 0.3) is 0 Å². The molecule has 0 aliphatic rings. The summed E-state index contributed by atoms with van der Waals surface area (Å²) in [5, 5.41) is 10.9. The highest BCUT2D eigenvalue weighted by molar-refractivity contribution is 7.92. The van der Waals surface area contributed by atoms with Crippen LogP contribution in [0.1, 0.15) is 27.7 Å². The lowest BCUT2D eigenvalue weighted by molar-refractivity contribution is -0.140. The van der Waals surface area contributed by atoms with Gasteiger partial charge >= 0.3 is 5.97 Å². The maximum absolute atomic E-state index is 11.7. The molecule has 0 radical (unpaired) electrons. The van der Waals surface area contributed by atoms with Gasteiger partial charge in [-0.1, -0.05) is 0 Å². The van der Waals surface area contributed by atoms with E-state index in [1.165, 1.54) is 20.8 Å². The second-order valence-corrected chi connectivity index (χ2v) is 7.27. The molecular formula is C9H17NO5S. The maximum Gasteiger partial charge on any atom is 0.327 e. The summed E-state index contributed by atoms with van der Waals surface area (Å²) in [6, 6.07) is -1.40. The van der Waals surface area contributed by atoms with E-state index in [-0.39, 0.29) is 0 Å². The highest BCUT2D eigenvalue weighted by atomic mass is 32.2. The van der Waals surface area contributed by atoms with Crippen molar-refractivity contribution in [1.29, 1.82) is 0 Å². The summed E-state index contributed by atoms with van der Waals surface area (Å²) in [7, 11) is -3.58. The Labute approximate surface area is 95.0 Å². The molecule has 16 heavy (non-hydrogen) atoms. The monoisotopic (exact) mass is 251 g/mol. The molecule has 0 aliphatic heterocycles. The largest absolute Gasteiger partial charge is 0.480 e. The molecule has 0 heterocycles. The molecule has 0 aromatic rings. The van der Waals surface area contributed by atoms with Crippen molar-refractivity contribution in [3.05, 3.63) is 0 Å². The zero-order valence-electron chi connectivity index (χ0n) is 9.77. The van der Waals surface area contributed by atoms with Gasteiger partial charge in [0.2, 0.25) is 5.91 Å². The van der Waals surface area contributed by atoms with Crippen molar-refractivity contribution < 1.29 is 23.1 Å². The first-order valence-corrected chi connectivity index (χ1v) is 6.35. The number of carbonyl (C=O) groups excluding carboxylic acids is 1. The van der Waals surface area contributed by atoms with Crippen molar-refractivity contribution >= 4 is 21.7 Å². The first-order valence-electron chi connectivity index (χ1n) is 4.69. The van der Waals surface area contributed by atoms with Crippen LogP contribution in [0.5, 0.6) is 0 Å². The lowest BCUT2D eigenvalue weighted by Crippen LogP contribution is -2.47. The summed E-state index contributed by atoms with van der Waals surface area (Å²) in [6.07, 6.45) is 0. The first-order chi connectivity index (χ1) is 6.97. The predicted octanol–water partition coefficient (Wildman–Crippen LogP) is -0.211. The van der Waals surface area contributed by atoms with E-state index < -0.39 is 38.3 Å². The summed E-state index contributed by atoms with van der Waals surface area (Å²) < 4.78 is 22.4. The Kier molecular flexibility index (Phi) is 4.48. The number of sulfone groups is 1. The topological polar surface area (TPSA) is 101 Å². The quantitative estimate of drug-likeness (QED) is 0.720. The van der Waals surface area contributed by atoms with Gasteiger partial charge in [-0.15, -0.1) is 0 Å². The number of hydrogen-bond donors (Lipinski definition) is 2. The SMILES string of the molecule is CC(=O)NC(CS(=O)(=O)C(C)(C)C)C(=O)O. The fourth-order valence-corrected chi connectivity index (χ4v) is 2.05. The van der Waals surface area contributed by atoms with Crippen LogP contribution in [0.3, 0.4) is 0 Å². The molecule has 1 amide bonds. The van der Waals surface area contributed by atoms with Crippen LogP contribution in [-0.2, 0) is 19.4 Å². The fourth-order valence-electron chi connectivity index (χ4n) is 0.889. The van der Waals surface area contributed by atoms with E-state index in [9.17, 15) is 18.0 Å². The summed E-state index contributed by atoms with van der Waals surface area (Å²) in [5.74, 6) is -2.54. The van der Waals surface area contributed by atoms with E-state index in [1.807, 2.05) is 0 Å². The average Bonchev–Trinajstić information content (AvgIpc) is 1.98. The second-order valence-electron chi connectivity index (χ2n) is 4.49. The molecule has 0 fully saturated rings. The maximum atomic E-state index is 11.7. The molecule has 1 unspecified atom stereocenters. The molecule has 1 atom stereocenters. The zero-order chi connectivity index (χ0) is 13.1. The molecule has 0 spiro atoms. The van der Waals surface area contributed by atoms with Gasteiger partial charge in [-0.05, 0) is 20.8 Å². The third-order valence-corrected chi connectivity index (χ3v) is 4.63. The fraction of sp³-hybridized carbons (Fsp3) is 0.778. The Bertz CT molecular complexity index is 379. The summed E-state index contributed by atoms with van der Waals surface area (Å²) in [5.41, 5.74) is 0. The standard InChI is InChI=1S/C9H17NO5S/c1-6(11)10-7(8(12)13)5-16(14,15)9(2,3)4/h7H,5H2,1-4H3,(H,10,11)(H,12,13). The van der Waals surface area contributed by atoms with Crippen LogP contribution >= 0.6 is 0 Å². The van der Waals surface area contributed by atoms with Crippen LogP contribution in [-0.4, -0.2) is 41.9 Å². The number of carboxylic acids is 1. The molecule has 2 N–H and O–H groups in total. The number of rotatable bonds is 4. The number of carboxylic acid groups (broad SMARTS) is 1. The van der Waals surface area contributed by atoms with Gasteiger partial charge < -0.3 is 10.4 Å². The molecule has 0 rings (SSSR count). The molecular weight excluding hydrogens is 234 g/mol.